The van der Waals surface area contributed by atoms with Gasteiger partial charge in [0.05, 0.1) is 18.2 Å². The molecule has 1 N–H and O–H groups in total. The van der Waals surface area contributed by atoms with Gasteiger partial charge in [-0.1, -0.05) is 0 Å². The molecule has 0 heterocycles. The summed E-state index contributed by atoms with van der Waals surface area (Å²) >= 11 is 0. The van der Waals surface area contributed by atoms with Crippen LogP contribution < -0.4 is 4.74 Å². The van der Waals surface area contributed by atoms with Crippen LogP contribution in [0.2, 0.25) is 0 Å². The van der Waals surface area contributed by atoms with Crippen LogP contribution in [-0.2, 0) is 0 Å². The molecule has 0 atom stereocenters. The highest BCUT2D eigenvalue weighted by molar-refractivity contribution is 5.97. The van der Waals surface area contributed by atoms with Crippen molar-refractivity contribution in [3.05, 3.63) is 23.3 Å². The first kappa shape index (κ1) is 10.1. The first-order valence-corrected chi connectivity index (χ1v) is 3.92. The molecule has 14 heavy (non-hydrogen) atoms. The van der Waals surface area contributed by atoms with Gasteiger partial charge in [-0.25, -0.2) is 0 Å². The summed E-state index contributed by atoms with van der Waals surface area (Å²) in [5.41, 5.74) is 0.359. The normalized spacial score (nSPS) is 9.21. The lowest BCUT2D eigenvalue weighted by atomic mass is 10.1. The van der Waals surface area contributed by atoms with Crippen molar-refractivity contribution in [2.24, 2.45) is 0 Å². The van der Waals surface area contributed by atoms with Crippen LogP contribution in [0, 0.1) is 11.3 Å². The quantitative estimate of drug-likeness (QED) is 0.718. The number of methoxy groups -OCH3 is 1. The predicted octanol–water partition coefficient (Wildman–Crippen LogP) is 1.48. The molecule has 0 radical (unpaired) electrons. The van der Waals surface area contributed by atoms with Gasteiger partial charge in [-0.05, 0) is 13.0 Å². The number of Topliss-reactive ketones (excluding diaryl/α,β-unsaturated/α-hetero) is 1. The van der Waals surface area contributed by atoms with Gasteiger partial charge in [0.1, 0.15) is 17.6 Å². The second-order valence-electron chi connectivity index (χ2n) is 2.74. The molecule has 4 nitrogen and oxygen atoms in total. The van der Waals surface area contributed by atoms with Crippen molar-refractivity contribution in [3.8, 4) is 17.6 Å². The van der Waals surface area contributed by atoms with E-state index in [4.69, 9.17) is 10.00 Å². The molecule has 1 aromatic carbocycles. The highest BCUT2D eigenvalue weighted by Crippen LogP contribution is 2.27. The lowest BCUT2D eigenvalue weighted by Gasteiger charge is -2.06. The number of rotatable bonds is 2. The Hall–Kier alpha value is -2.02. The Labute approximate surface area is 81.4 Å². The molecule has 0 saturated carbocycles. The number of aromatic hydroxyl groups is 1. The molecule has 72 valence electrons. The van der Waals surface area contributed by atoms with Crippen molar-refractivity contribution < 1.29 is 14.6 Å². The summed E-state index contributed by atoms with van der Waals surface area (Å²) in [5.74, 6) is -0.204. The summed E-state index contributed by atoms with van der Waals surface area (Å²) in [6, 6.07) is 4.46. The van der Waals surface area contributed by atoms with Crippen molar-refractivity contribution in [3.63, 3.8) is 0 Å². The average Bonchev–Trinajstić information content (AvgIpc) is 2.16. The van der Waals surface area contributed by atoms with Crippen molar-refractivity contribution in [1.82, 2.24) is 0 Å². The van der Waals surface area contributed by atoms with Gasteiger partial charge in [0.25, 0.3) is 0 Å². The summed E-state index contributed by atoms with van der Waals surface area (Å²) in [6.45, 7) is 1.32. The Bertz CT molecular complexity index is 418. The van der Waals surface area contributed by atoms with Gasteiger partial charge in [0, 0.05) is 6.07 Å². The molecule has 0 saturated heterocycles. The number of hydrogen-bond acceptors (Lipinski definition) is 4. The van der Waals surface area contributed by atoms with Crippen molar-refractivity contribution in [1.29, 1.82) is 5.26 Å². The average molecular weight is 191 g/mol. The van der Waals surface area contributed by atoms with Gasteiger partial charge in [0.15, 0.2) is 5.78 Å². The molecule has 0 aliphatic heterocycles. The summed E-state index contributed by atoms with van der Waals surface area (Å²) in [5, 5.41) is 18.1. The summed E-state index contributed by atoms with van der Waals surface area (Å²) in [6.07, 6.45) is 0. The van der Waals surface area contributed by atoms with Gasteiger partial charge >= 0.3 is 0 Å². The molecular weight excluding hydrogens is 182 g/mol. The van der Waals surface area contributed by atoms with Gasteiger partial charge in [-0.2, -0.15) is 5.26 Å². The minimum Gasteiger partial charge on any atom is -0.507 e. The molecule has 0 aliphatic rings. The number of phenols is 1. The summed E-state index contributed by atoms with van der Waals surface area (Å²) < 4.78 is 4.86. The fraction of sp³-hybridized carbons (Fsp3) is 0.200. The maximum Gasteiger partial charge on any atom is 0.163 e. The molecule has 4 heteroatoms. The van der Waals surface area contributed by atoms with Gasteiger partial charge < -0.3 is 9.84 Å². The van der Waals surface area contributed by atoms with Crippen molar-refractivity contribution in [2.45, 2.75) is 6.92 Å². The zero-order valence-corrected chi connectivity index (χ0v) is 7.87. The van der Waals surface area contributed by atoms with E-state index in [1.54, 1.807) is 0 Å². The smallest absolute Gasteiger partial charge is 0.163 e. The standard InChI is InChI=1S/C10H9NO3/c1-6(12)8-3-7(5-11)10(14-2)4-9(8)13/h3-4,13H,1-2H3. The first-order valence-electron chi connectivity index (χ1n) is 3.92. The third-order valence-corrected chi connectivity index (χ3v) is 1.82. The largest absolute Gasteiger partial charge is 0.507 e. The van der Waals surface area contributed by atoms with Crippen LogP contribution >= 0.6 is 0 Å². The highest BCUT2D eigenvalue weighted by Gasteiger charge is 2.12. The molecule has 1 aromatic rings. The van der Waals surface area contributed by atoms with Crippen LogP contribution in [0.25, 0.3) is 0 Å². The molecule has 1 rings (SSSR count). The fourth-order valence-electron chi connectivity index (χ4n) is 1.11. The minimum absolute atomic E-state index is 0.127. The second-order valence-corrected chi connectivity index (χ2v) is 2.74. The van der Waals surface area contributed by atoms with E-state index in [0.29, 0.717) is 0 Å². The number of nitrogens with zero attached hydrogens (tertiary/aromatic N) is 1. The minimum atomic E-state index is -0.290. The maximum atomic E-state index is 11.0. The van der Waals surface area contributed by atoms with E-state index in [-0.39, 0.29) is 28.4 Å². The molecule has 0 aliphatic carbocycles. The molecular formula is C10H9NO3. The van der Waals surface area contributed by atoms with E-state index in [9.17, 15) is 9.90 Å². The monoisotopic (exact) mass is 191 g/mol. The fourth-order valence-corrected chi connectivity index (χ4v) is 1.11. The Morgan fingerprint density at radius 1 is 1.57 bits per heavy atom. The van der Waals surface area contributed by atoms with Crippen LogP contribution in [0.15, 0.2) is 12.1 Å². The van der Waals surface area contributed by atoms with E-state index in [0.717, 1.165) is 0 Å². The number of ketones is 1. The summed E-state index contributed by atoms with van der Waals surface area (Å²) in [7, 11) is 1.39. The number of phenolic OH excluding ortho intramolecular Hbond substituents is 1. The van der Waals surface area contributed by atoms with E-state index < -0.39 is 0 Å². The molecule has 0 aromatic heterocycles. The number of nitriles is 1. The number of hydrogen-bond donors (Lipinski definition) is 1. The highest BCUT2D eigenvalue weighted by atomic mass is 16.5. The zero-order chi connectivity index (χ0) is 10.7. The third kappa shape index (κ3) is 1.67. The van der Waals surface area contributed by atoms with Gasteiger partial charge in [0.2, 0.25) is 0 Å². The van der Waals surface area contributed by atoms with Crippen LogP contribution in [-0.4, -0.2) is 18.0 Å². The Kier molecular flexibility index (Phi) is 2.73. The zero-order valence-electron chi connectivity index (χ0n) is 7.87. The molecule has 0 amide bonds. The van der Waals surface area contributed by atoms with E-state index >= 15 is 0 Å². The first-order chi connectivity index (χ1) is 6.60. The number of ether oxygens (including phenoxy) is 1. The molecule has 0 fully saturated rings. The van der Waals surface area contributed by atoms with Crippen LogP contribution in [0.5, 0.6) is 11.5 Å². The van der Waals surface area contributed by atoms with Crippen LogP contribution in [0.4, 0.5) is 0 Å². The van der Waals surface area contributed by atoms with Crippen molar-refractivity contribution in [2.75, 3.05) is 7.11 Å². The summed E-state index contributed by atoms with van der Waals surface area (Å²) in [4.78, 5) is 11.0. The molecule has 0 spiro atoms. The van der Waals surface area contributed by atoms with Crippen molar-refractivity contribution >= 4 is 5.78 Å². The van der Waals surface area contributed by atoms with Gasteiger partial charge in [-0.3, -0.25) is 4.79 Å². The Morgan fingerprint density at radius 3 is 2.64 bits per heavy atom. The predicted molar refractivity (Wildman–Crippen MR) is 49.4 cm³/mol. The number of carbonyl (C=O) groups is 1. The molecule has 0 bridgehead atoms. The van der Waals surface area contributed by atoms with E-state index in [1.165, 1.54) is 26.2 Å². The number of benzene rings is 1. The van der Waals surface area contributed by atoms with Gasteiger partial charge in [-0.15, -0.1) is 0 Å². The SMILES string of the molecule is COc1cc(O)c(C(C)=O)cc1C#N. The Morgan fingerprint density at radius 2 is 2.21 bits per heavy atom. The van der Waals surface area contributed by atoms with Crippen LogP contribution in [0.3, 0.4) is 0 Å². The lowest BCUT2D eigenvalue weighted by Crippen LogP contribution is -1.96. The number of carbonyl (C=O) groups excluding carboxylic acids is 1. The lowest BCUT2D eigenvalue weighted by molar-refractivity contribution is 0.101. The molecule has 0 unspecified atom stereocenters. The third-order valence-electron chi connectivity index (χ3n) is 1.82. The second kappa shape index (κ2) is 3.79. The van der Waals surface area contributed by atoms with E-state index in [2.05, 4.69) is 0 Å². The van der Waals surface area contributed by atoms with Crippen LogP contribution in [0.1, 0.15) is 22.8 Å². The maximum absolute atomic E-state index is 11.0. The van der Waals surface area contributed by atoms with E-state index in [1.807, 2.05) is 6.07 Å². The topological polar surface area (TPSA) is 70.3 Å². The Balaban J connectivity index is 3.40.